The van der Waals surface area contributed by atoms with Crippen molar-refractivity contribution in [3.8, 4) is 16.6 Å². The fourth-order valence-corrected chi connectivity index (χ4v) is 3.70. The highest BCUT2D eigenvalue weighted by Gasteiger charge is 2.21. The van der Waals surface area contributed by atoms with Crippen LogP contribution >= 0.6 is 11.3 Å². The molecule has 25 heavy (non-hydrogen) atoms. The summed E-state index contributed by atoms with van der Waals surface area (Å²) in [5.41, 5.74) is 2.75. The molecule has 0 aliphatic carbocycles. The SMILES string of the molecule is COc1ccc(CN2CCc3nc(-c4cccs4)[nH]c(=O)c3C2)cn1. The molecule has 0 saturated heterocycles. The first-order valence-corrected chi connectivity index (χ1v) is 8.98. The molecule has 6 nitrogen and oxygen atoms in total. The largest absolute Gasteiger partial charge is 0.481 e. The number of ether oxygens (including phenoxy) is 1. The van der Waals surface area contributed by atoms with Crippen LogP contribution in [-0.2, 0) is 19.5 Å². The second kappa shape index (κ2) is 6.78. The van der Waals surface area contributed by atoms with Gasteiger partial charge in [0.05, 0.1) is 23.2 Å². The van der Waals surface area contributed by atoms with Crippen LogP contribution in [0.1, 0.15) is 16.8 Å². The highest BCUT2D eigenvalue weighted by atomic mass is 32.1. The number of hydrogen-bond donors (Lipinski definition) is 1. The third-order valence-electron chi connectivity index (χ3n) is 4.32. The van der Waals surface area contributed by atoms with Gasteiger partial charge in [-0.1, -0.05) is 12.1 Å². The number of rotatable bonds is 4. The number of H-pyrrole nitrogens is 1. The van der Waals surface area contributed by atoms with Crippen LogP contribution in [0.25, 0.3) is 10.7 Å². The highest BCUT2D eigenvalue weighted by molar-refractivity contribution is 7.13. The molecule has 0 spiro atoms. The lowest BCUT2D eigenvalue weighted by molar-refractivity contribution is 0.241. The van der Waals surface area contributed by atoms with Crippen molar-refractivity contribution in [2.45, 2.75) is 19.5 Å². The molecule has 1 aliphatic heterocycles. The molecule has 0 amide bonds. The van der Waals surface area contributed by atoms with Gasteiger partial charge in [0.2, 0.25) is 5.88 Å². The van der Waals surface area contributed by atoms with E-state index in [1.807, 2.05) is 35.8 Å². The van der Waals surface area contributed by atoms with E-state index in [0.29, 0.717) is 18.2 Å². The third-order valence-corrected chi connectivity index (χ3v) is 5.19. The lowest BCUT2D eigenvalue weighted by Crippen LogP contribution is -2.35. The Morgan fingerprint density at radius 1 is 1.36 bits per heavy atom. The van der Waals surface area contributed by atoms with Gasteiger partial charge in [-0.3, -0.25) is 9.69 Å². The summed E-state index contributed by atoms with van der Waals surface area (Å²) < 4.78 is 5.09. The molecule has 0 fully saturated rings. The van der Waals surface area contributed by atoms with Crippen molar-refractivity contribution in [3.63, 3.8) is 0 Å². The number of aromatic nitrogens is 3. The smallest absolute Gasteiger partial charge is 0.255 e. The molecule has 1 aliphatic rings. The third kappa shape index (κ3) is 3.33. The van der Waals surface area contributed by atoms with Gasteiger partial charge in [0.25, 0.3) is 5.56 Å². The number of methoxy groups -OCH3 is 1. The first-order valence-electron chi connectivity index (χ1n) is 8.10. The van der Waals surface area contributed by atoms with Crippen LogP contribution in [-0.4, -0.2) is 33.5 Å². The monoisotopic (exact) mass is 354 g/mol. The average molecular weight is 354 g/mol. The number of thiophene rings is 1. The lowest BCUT2D eigenvalue weighted by Gasteiger charge is -2.27. The molecule has 0 aromatic carbocycles. The molecule has 128 valence electrons. The van der Waals surface area contributed by atoms with E-state index in [-0.39, 0.29) is 5.56 Å². The summed E-state index contributed by atoms with van der Waals surface area (Å²) in [4.78, 5) is 27.6. The molecule has 0 saturated carbocycles. The zero-order valence-corrected chi connectivity index (χ0v) is 14.7. The average Bonchev–Trinajstić information content (AvgIpc) is 3.17. The summed E-state index contributed by atoms with van der Waals surface area (Å²) in [7, 11) is 1.60. The second-order valence-electron chi connectivity index (χ2n) is 5.99. The zero-order valence-electron chi connectivity index (χ0n) is 13.9. The summed E-state index contributed by atoms with van der Waals surface area (Å²) in [5.74, 6) is 1.28. The standard InChI is InChI=1S/C18H18N4O2S/c1-24-16-5-4-12(9-19-16)10-22-7-6-14-13(11-22)18(23)21-17(20-14)15-3-2-8-25-15/h2-5,8-9H,6-7,10-11H2,1H3,(H,20,21,23). The van der Waals surface area contributed by atoms with Gasteiger partial charge in [0.1, 0.15) is 0 Å². The molecule has 1 N–H and O–H groups in total. The summed E-state index contributed by atoms with van der Waals surface area (Å²) >= 11 is 1.58. The van der Waals surface area contributed by atoms with Crippen molar-refractivity contribution in [1.82, 2.24) is 19.9 Å². The van der Waals surface area contributed by atoms with Crippen LogP contribution in [0.4, 0.5) is 0 Å². The summed E-state index contributed by atoms with van der Waals surface area (Å²) in [6, 6.07) is 7.80. The van der Waals surface area contributed by atoms with Crippen molar-refractivity contribution in [2.75, 3.05) is 13.7 Å². The van der Waals surface area contributed by atoms with Gasteiger partial charge in [-0.25, -0.2) is 9.97 Å². The molecule has 0 bridgehead atoms. The second-order valence-corrected chi connectivity index (χ2v) is 6.93. The lowest BCUT2D eigenvalue weighted by atomic mass is 10.1. The van der Waals surface area contributed by atoms with Gasteiger partial charge in [0.15, 0.2) is 5.82 Å². The van der Waals surface area contributed by atoms with Crippen molar-refractivity contribution in [3.05, 3.63) is 63.0 Å². The fraction of sp³-hybridized carbons (Fsp3) is 0.278. The van der Waals surface area contributed by atoms with Gasteiger partial charge in [-0.2, -0.15) is 0 Å². The van der Waals surface area contributed by atoms with Gasteiger partial charge in [-0.15, -0.1) is 11.3 Å². The van der Waals surface area contributed by atoms with Gasteiger partial charge in [-0.05, 0) is 17.0 Å². The Hall–Kier alpha value is -2.51. The first-order chi connectivity index (χ1) is 12.2. The minimum Gasteiger partial charge on any atom is -0.481 e. The Morgan fingerprint density at radius 3 is 3.00 bits per heavy atom. The highest BCUT2D eigenvalue weighted by Crippen LogP contribution is 2.23. The quantitative estimate of drug-likeness (QED) is 0.779. The predicted octanol–water partition coefficient (Wildman–Crippen LogP) is 2.46. The maximum atomic E-state index is 12.5. The summed E-state index contributed by atoms with van der Waals surface area (Å²) in [6.07, 6.45) is 2.60. The Morgan fingerprint density at radius 2 is 2.28 bits per heavy atom. The van der Waals surface area contributed by atoms with Gasteiger partial charge >= 0.3 is 0 Å². The molecule has 0 radical (unpaired) electrons. The topological polar surface area (TPSA) is 71.1 Å². The van der Waals surface area contributed by atoms with E-state index in [1.165, 1.54) is 0 Å². The zero-order chi connectivity index (χ0) is 17.2. The van der Waals surface area contributed by atoms with Crippen LogP contribution in [0.2, 0.25) is 0 Å². The minimum absolute atomic E-state index is 0.0362. The maximum Gasteiger partial charge on any atom is 0.255 e. The molecule has 0 atom stereocenters. The predicted molar refractivity (Wildman–Crippen MR) is 96.8 cm³/mol. The molecular formula is C18H18N4O2S. The number of fused-ring (bicyclic) bond motifs is 1. The number of pyridine rings is 1. The van der Waals surface area contributed by atoms with Gasteiger partial charge < -0.3 is 9.72 Å². The van der Waals surface area contributed by atoms with E-state index >= 15 is 0 Å². The Labute approximate surface area is 149 Å². The molecule has 3 aromatic heterocycles. The first kappa shape index (κ1) is 16.0. The molecule has 0 unspecified atom stereocenters. The molecule has 7 heteroatoms. The Kier molecular flexibility index (Phi) is 4.33. The fourth-order valence-electron chi connectivity index (χ4n) is 3.03. The van der Waals surface area contributed by atoms with E-state index in [4.69, 9.17) is 4.74 Å². The van der Waals surface area contributed by atoms with Crippen molar-refractivity contribution in [1.29, 1.82) is 0 Å². The molecule has 4 heterocycles. The molecule has 4 rings (SSSR count). The minimum atomic E-state index is -0.0362. The number of hydrogen-bond acceptors (Lipinski definition) is 6. The van der Waals surface area contributed by atoms with Crippen LogP contribution < -0.4 is 10.3 Å². The molecular weight excluding hydrogens is 336 g/mol. The maximum absolute atomic E-state index is 12.5. The normalized spacial score (nSPS) is 14.3. The van der Waals surface area contributed by atoms with E-state index < -0.39 is 0 Å². The van der Waals surface area contributed by atoms with Crippen LogP contribution in [0.5, 0.6) is 5.88 Å². The Balaban J connectivity index is 1.54. The number of nitrogens with one attached hydrogen (secondary N) is 1. The van der Waals surface area contributed by atoms with Crippen molar-refractivity contribution >= 4 is 11.3 Å². The molecule has 3 aromatic rings. The Bertz CT molecular complexity index is 919. The van der Waals surface area contributed by atoms with Gasteiger partial charge in [0, 0.05) is 38.3 Å². The summed E-state index contributed by atoms with van der Waals surface area (Å²) in [5, 5.41) is 1.99. The van der Waals surface area contributed by atoms with Crippen LogP contribution in [0, 0.1) is 0 Å². The van der Waals surface area contributed by atoms with Crippen LogP contribution in [0.3, 0.4) is 0 Å². The summed E-state index contributed by atoms with van der Waals surface area (Å²) in [6.45, 7) is 2.23. The van der Waals surface area contributed by atoms with Crippen LogP contribution in [0.15, 0.2) is 40.6 Å². The number of nitrogens with zero attached hydrogens (tertiary/aromatic N) is 3. The van der Waals surface area contributed by atoms with Crippen molar-refractivity contribution in [2.24, 2.45) is 0 Å². The van der Waals surface area contributed by atoms with E-state index in [0.717, 1.165) is 41.2 Å². The van der Waals surface area contributed by atoms with Crippen molar-refractivity contribution < 1.29 is 4.74 Å². The van der Waals surface area contributed by atoms with E-state index in [1.54, 1.807) is 18.4 Å². The van der Waals surface area contributed by atoms with E-state index in [2.05, 4.69) is 19.9 Å². The number of aromatic amines is 1. The van der Waals surface area contributed by atoms with E-state index in [9.17, 15) is 4.79 Å².